The van der Waals surface area contributed by atoms with E-state index >= 15 is 0 Å². The summed E-state index contributed by atoms with van der Waals surface area (Å²) in [7, 11) is 0. The molecule has 26 heavy (non-hydrogen) atoms. The predicted octanol–water partition coefficient (Wildman–Crippen LogP) is 4.55. The third kappa shape index (κ3) is 4.73. The number of nitrogens with zero attached hydrogens (tertiary/aromatic N) is 2. The number of aromatic nitrogens is 2. The Kier molecular flexibility index (Phi) is 5.73. The van der Waals surface area contributed by atoms with Crippen molar-refractivity contribution < 1.29 is 13.9 Å². The minimum absolute atomic E-state index is 0.0288. The van der Waals surface area contributed by atoms with Crippen LogP contribution in [0.25, 0.3) is 0 Å². The van der Waals surface area contributed by atoms with Gasteiger partial charge < -0.3 is 9.15 Å². The Morgan fingerprint density at radius 3 is 2.54 bits per heavy atom. The highest BCUT2D eigenvalue weighted by Gasteiger charge is 2.12. The summed E-state index contributed by atoms with van der Waals surface area (Å²) in [5, 5.41) is 8.28. The average molecular weight is 368 g/mol. The zero-order valence-corrected chi connectivity index (χ0v) is 15.8. The minimum atomic E-state index is 0.0288. The van der Waals surface area contributed by atoms with Crippen LogP contribution in [0.3, 0.4) is 0 Å². The lowest BCUT2D eigenvalue weighted by Gasteiger charge is -2.05. The molecule has 0 spiro atoms. The second kappa shape index (κ2) is 8.19. The first-order chi connectivity index (χ1) is 12.5. The molecular weight excluding hydrogens is 348 g/mol. The van der Waals surface area contributed by atoms with E-state index in [4.69, 9.17) is 9.15 Å². The summed E-state index contributed by atoms with van der Waals surface area (Å²) >= 11 is 1.23. The topological polar surface area (TPSA) is 65.2 Å². The fraction of sp³-hybridized carbons (Fsp3) is 0.250. The number of benzene rings is 2. The van der Waals surface area contributed by atoms with Crippen molar-refractivity contribution >= 4 is 17.5 Å². The van der Waals surface area contributed by atoms with Crippen molar-refractivity contribution in [3.63, 3.8) is 0 Å². The number of rotatable bonds is 7. The fourth-order valence-electron chi connectivity index (χ4n) is 2.25. The number of carbonyl (C=O) groups excluding carboxylic acids is 1. The maximum atomic E-state index is 12.2. The molecule has 0 saturated carbocycles. The van der Waals surface area contributed by atoms with Gasteiger partial charge >= 0.3 is 0 Å². The van der Waals surface area contributed by atoms with Crippen molar-refractivity contribution in [3.05, 3.63) is 70.6 Å². The molecule has 0 saturated heterocycles. The lowest BCUT2D eigenvalue weighted by atomic mass is 10.1. The van der Waals surface area contributed by atoms with E-state index in [1.807, 2.05) is 56.3 Å². The number of hydrogen-bond donors (Lipinski definition) is 0. The zero-order chi connectivity index (χ0) is 18.5. The lowest BCUT2D eigenvalue weighted by molar-refractivity contribution is 0.102. The van der Waals surface area contributed by atoms with Gasteiger partial charge in [0.15, 0.2) is 12.4 Å². The molecule has 2 aromatic carbocycles. The molecule has 6 heteroatoms. The molecule has 3 rings (SSSR count). The molecular formula is C20H20N2O3S. The third-order valence-corrected chi connectivity index (χ3v) is 4.81. The first-order valence-corrected chi connectivity index (χ1v) is 9.25. The SMILES string of the molecule is Cc1ccc(C(=O)CSc2nnc(COc3ccc(C)c(C)c3)o2)cc1. The highest BCUT2D eigenvalue weighted by Crippen LogP contribution is 2.20. The van der Waals surface area contributed by atoms with Crippen molar-refractivity contribution in [1.82, 2.24) is 10.2 Å². The average Bonchev–Trinajstić information content (AvgIpc) is 3.09. The predicted molar refractivity (Wildman–Crippen MR) is 101 cm³/mol. The Morgan fingerprint density at radius 2 is 1.81 bits per heavy atom. The standard InChI is InChI=1S/C20H20N2O3S/c1-13-4-7-16(8-5-13)18(23)12-26-20-22-21-19(25-20)11-24-17-9-6-14(2)15(3)10-17/h4-10H,11-12H2,1-3H3. The molecule has 0 unspecified atom stereocenters. The summed E-state index contributed by atoms with van der Waals surface area (Å²) in [6, 6.07) is 13.4. The van der Waals surface area contributed by atoms with Crippen LogP contribution in [0.5, 0.6) is 5.75 Å². The van der Waals surface area contributed by atoms with Gasteiger partial charge in [-0.15, -0.1) is 10.2 Å². The Morgan fingerprint density at radius 1 is 1.04 bits per heavy atom. The summed E-state index contributed by atoms with van der Waals surface area (Å²) in [6.07, 6.45) is 0. The number of Topliss-reactive ketones (excluding diaryl/α,β-unsaturated/α-hetero) is 1. The van der Waals surface area contributed by atoms with E-state index in [9.17, 15) is 4.79 Å². The van der Waals surface area contributed by atoms with Crippen LogP contribution in [-0.2, 0) is 6.61 Å². The Balaban J connectivity index is 1.52. The summed E-state index contributed by atoms with van der Waals surface area (Å²) in [6.45, 7) is 6.28. The van der Waals surface area contributed by atoms with Crippen LogP contribution < -0.4 is 4.74 Å². The Bertz CT molecular complexity index is 904. The zero-order valence-electron chi connectivity index (χ0n) is 15.0. The molecule has 0 aliphatic rings. The quantitative estimate of drug-likeness (QED) is 0.450. The van der Waals surface area contributed by atoms with Crippen LogP contribution in [0.4, 0.5) is 0 Å². The van der Waals surface area contributed by atoms with Gasteiger partial charge in [0.1, 0.15) is 5.75 Å². The minimum Gasteiger partial charge on any atom is -0.484 e. The van der Waals surface area contributed by atoms with E-state index in [0.29, 0.717) is 16.7 Å². The van der Waals surface area contributed by atoms with Crippen LogP contribution >= 0.6 is 11.8 Å². The van der Waals surface area contributed by atoms with E-state index < -0.39 is 0 Å². The van der Waals surface area contributed by atoms with Gasteiger partial charge in [0.2, 0.25) is 0 Å². The number of aryl methyl sites for hydroxylation is 3. The normalized spacial score (nSPS) is 10.7. The number of hydrogen-bond acceptors (Lipinski definition) is 6. The van der Waals surface area contributed by atoms with E-state index in [1.165, 1.54) is 22.9 Å². The number of ether oxygens (including phenoxy) is 1. The number of carbonyl (C=O) groups is 1. The molecule has 134 valence electrons. The molecule has 0 aliphatic carbocycles. The summed E-state index contributed by atoms with van der Waals surface area (Å²) in [5.41, 5.74) is 4.19. The molecule has 0 amide bonds. The Labute approximate surface area is 156 Å². The molecule has 1 heterocycles. The van der Waals surface area contributed by atoms with Gasteiger partial charge in [-0.1, -0.05) is 47.7 Å². The molecule has 0 radical (unpaired) electrons. The highest BCUT2D eigenvalue weighted by atomic mass is 32.2. The van der Waals surface area contributed by atoms with Crippen molar-refractivity contribution in [3.8, 4) is 5.75 Å². The Hall–Kier alpha value is -2.60. The maximum absolute atomic E-state index is 12.2. The van der Waals surface area contributed by atoms with Gasteiger partial charge in [0.25, 0.3) is 11.1 Å². The van der Waals surface area contributed by atoms with Crippen LogP contribution in [-0.4, -0.2) is 21.7 Å². The molecule has 0 bridgehead atoms. The summed E-state index contributed by atoms with van der Waals surface area (Å²) in [5.74, 6) is 1.42. The summed E-state index contributed by atoms with van der Waals surface area (Å²) in [4.78, 5) is 12.2. The maximum Gasteiger partial charge on any atom is 0.277 e. The van der Waals surface area contributed by atoms with E-state index in [1.54, 1.807) is 0 Å². The van der Waals surface area contributed by atoms with Crippen molar-refractivity contribution in [2.45, 2.75) is 32.6 Å². The lowest BCUT2D eigenvalue weighted by Crippen LogP contribution is -2.02. The molecule has 0 N–H and O–H groups in total. The van der Waals surface area contributed by atoms with E-state index in [-0.39, 0.29) is 18.1 Å². The molecule has 0 atom stereocenters. The van der Waals surface area contributed by atoms with Gasteiger partial charge in [0.05, 0.1) is 5.75 Å². The van der Waals surface area contributed by atoms with E-state index in [0.717, 1.165) is 11.3 Å². The van der Waals surface area contributed by atoms with Crippen LogP contribution in [0.1, 0.15) is 32.9 Å². The third-order valence-electron chi connectivity index (χ3n) is 3.99. The number of thioether (sulfide) groups is 1. The van der Waals surface area contributed by atoms with Gasteiger partial charge in [-0.05, 0) is 44.0 Å². The molecule has 0 fully saturated rings. The van der Waals surface area contributed by atoms with E-state index in [2.05, 4.69) is 17.1 Å². The smallest absolute Gasteiger partial charge is 0.277 e. The van der Waals surface area contributed by atoms with Crippen molar-refractivity contribution in [2.75, 3.05) is 5.75 Å². The highest BCUT2D eigenvalue weighted by molar-refractivity contribution is 7.99. The van der Waals surface area contributed by atoms with Gasteiger partial charge in [-0.25, -0.2) is 0 Å². The van der Waals surface area contributed by atoms with Crippen molar-refractivity contribution in [2.24, 2.45) is 0 Å². The second-order valence-electron chi connectivity index (χ2n) is 6.07. The largest absolute Gasteiger partial charge is 0.484 e. The van der Waals surface area contributed by atoms with Gasteiger partial charge in [-0.2, -0.15) is 0 Å². The van der Waals surface area contributed by atoms with Crippen LogP contribution in [0.15, 0.2) is 52.1 Å². The molecule has 5 nitrogen and oxygen atoms in total. The first-order valence-electron chi connectivity index (χ1n) is 8.26. The van der Waals surface area contributed by atoms with Crippen LogP contribution in [0.2, 0.25) is 0 Å². The second-order valence-corrected chi connectivity index (χ2v) is 7.00. The first kappa shape index (κ1) is 18.2. The summed E-state index contributed by atoms with van der Waals surface area (Å²) < 4.78 is 11.2. The number of ketones is 1. The van der Waals surface area contributed by atoms with Crippen LogP contribution in [0, 0.1) is 20.8 Å². The van der Waals surface area contributed by atoms with Crippen molar-refractivity contribution in [1.29, 1.82) is 0 Å². The fourth-order valence-corrected chi connectivity index (χ4v) is 2.93. The molecule has 1 aromatic heterocycles. The monoisotopic (exact) mass is 368 g/mol. The van der Waals surface area contributed by atoms with Gasteiger partial charge in [-0.3, -0.25) is 4.79 Å². The molecule has 0 aliphatic heterocycles. The molecule has 3 aromatic rings. The van der Waals surface area contributed by atoms with Gasteiger partial charge in [0, 0.05) is 5.56 Å².